The highest BCUT2D eigenvalue weighted by molar-refractivity contribution is 5.81. The Morgan fingerprint density at radius 1 is 1.17 bits per heavy atom. The van der Waals surface area contributed by atoms with E-state index in [1.165, 1.54) is 0 Å². The molecule has 0 unspecified atom stereocenters. The van der Waals surface area contributed by atoms with Crippen LogP contribution in [0.3, 0.4) is 0 Å². The minimum absolute atomic E-state index is 0.197. The van der Waals surface area contributed by atoms with Crippen LogP contribution in [0.15, 0.2) is 21.7 Å². The van der Waals surface area contributed by atoms with E-state index >= 15 is 0 Å². The summed E-state index contributed by atoms with van der Waals surface area (Å²) in [5.74, 6) is 0.336. The number of fused-ring (bicyclic) bond motifs is 2. The standard InChI is InChI=1S/C16H20N6O2/c1-9-7-11-12(8-10(9)2)22(6-5-18-4-3-17)14-13(19-11)15(23)21-16(24)20-14/h7-8,18H,3-6,17H2,1-2H3,(H,21,23,24)/p+2. The highest BCUT2D eigenvalue weighted by Crippen LogP contribution is 2.23. The van der Waals surface area contributed by atoms with Gasteiger partial charge in [0.15, 0.2) is 11.5 Å². The summed E-state index contributed by atoms with van der Waals surface area (Å²) in [6.07, 6.45) is 0. The summed E-state index contributed by atoms with van der Waals surface area (Å²) in [5, 5.41) is 2.16. The van der Waals surface area contributed by atoms with Crippen molar-refractivity contribution in [2.75, 3.05) is 19.6 Å². The first-order valence-corrected chi connectivity index (χ1v) is 8.04. The van der Waals surface area contributed by atoms with Crippen molar-refractivity contribution < 1.29 is 11.1 Å². The van der Waals surface area contributed by atoms with Crippen molar-refractivity contribution in [2.24, 2.45) is 0 Å². The fourth-order valence-corrected chi connectivity index (χ4v) is 2.79. The van der Waals surface area contributed by atoms with Crippen LogP contribution in [0.1, 0.15) is 11.1 Å². The van der Waals surface area contributed by atoms with Gasteiger partial charge in [-0.15, -0.1) is 0 Å². The highest BCUT2D eigenvalue weighted by atomic mass is 16.2. The number of rotatable bonds is 5. The molecule has 0 fully saturated rings. The van der Waals surface area contributed by atoms with E-state index < -0.39 is 11.2 Å². The van der Waals surface area contributed by atoms with Crippen LogP contribution in [0.25, 0.3) is 22.6 Å². The molecule has 0 bridgehead atoms. The Labute approximate surface area is 138 Å². The first-order chi connectivity index (χ1) is 11.5. The van der Waals surface area contributed by atoms with Crippen LogP contribution in [-0.4, -0.2) is 39.2 Å². The number of hydrogen-bond donors (Lipinski definition) is 3. The molecule has 3 rings (SSSR count). The Bertz CT molecular complexity index is 975. The molecular weight excluding hydrogens is 308 g/mol. The number of nitrogens with one attached hydrogen (secondary N) is 1. The Kier molecular flexibility index (Phi) is 4.41. The van der Waals surface area contributed by atoms with Crippen LogP contribution in [0.5, 0.6) is 0 Å². The van der Waals surface area contributed by atoms with Crippen molar-refractivity contribution in [3.8, 4) is 11.5 Å². The molecule has 0 amide bonds. The summed E-state index contributed by atoms with van der Waals surface area (Å²) in [5.41, 5.74) is 6.73. The smallest absolute Gasteiger partial charge is 0.349 e. The van der Waals surface area contributed by atoms with Gasteiger partial charge in [0.2, 0.25) is 0 Å². The Balaban J connectivity index is 2.26. The molecule has 0 radical (unpaired) electrons. The molecule has 6 N–H and O–H groups in total. The third kappa shape index (κ3) is 2.93. The number of aryl methyl sites for hydroxylation is 2. The molecule has 2 aliphatic heterocycles. The maximum absolute atomic E-state index is 12.1. The van der Waals surface area contributed by atoms with Gasteiger partial charge in [-0.05, 0) is 37.1 Å². The fourth-order valence-electron chi connectivity index (χ4n) is 2.79. The van der Waals surface area contributed by atoms with Crippen LogP contribution in [0, 0.1) is 13.8 Å². The van der Waals surface area contributed by atoms with Gasteiger partial charge in [0.25, 0.3) is 5.56 Å². The van der Waals surface area contributed by atoms with E-state index in [1.807, 2.05) is 30.5 Å². The van der Waals surface area contributed by atoms with Gasteiger partial charge in [-0.3, -0.25) is 9.78 Å². The quantitative estimate of drug-likeness (QED) is 0.370. The van der Waals surface area contributed by atoms with E-state index in [4.69, 9.17) is 0 Å². The average molecular weight is 330 g/mol. The van der Waals surface area contributed by atoms with Crippen LogP contribution in [0.2, 0.25) is 0 Å². The molecule has 8 nitrogen and oxygen atoms in total. The van der Waals surface area contributed by atoms with Gasteiger partial charge in [-0.1, -0.05) is 0 Å². The molecule has 24 heavy (non-hydrogen) atoms. The first-order valence-electron chi connectivity index (χ1n) is 8.04. The Hall–Kier alpha value is -2.58. The summed E-state index contributed by atoms with van der Waals surface area (Å²) < 4.78 is 1.92. The van der Waals surface area contributed by atoms with Crippen LogP contribution in [0.4, 0.5) is 0 Å². The molecule has 0 aliphatic carbocycles. The zero-order valence-electron chi connectivity index (χ0n) is 13.9. The lowest BCUT2D eigenvalue weighted by molar-refractivity contribution is -0.670. The predicted molar refractivity (Wildman–Crippen MR) is 89.9 cm³/mol. The lowest BCUT2D eigenvalue weighted by Gasteiger charge is -2.17. The van der Waals surface area contributed by atoms with E-state index in [2.05, 4.69) is 26.0 Å². The van der Waals surface area contributed by atoms with E-state index in [0.29, 0.717) is 12.4 Å². The molecular formula is C16H22N6O2+2. The molecule has 0 saturated heterocycles. The van der Waals surface area contributed by atoms with Gasteiger partial charge < -0.3 is 15.6 Å². The number of quaternary nitrogens is 2. The molecule has 2 heterocycles. The average Bonchev–Trinajstić information content (AvgIpc) is 2.53. The fraction of sp³-hybridized carbons (Fsp3) is 0.375. The molecule has 2 aliphatic rings. The zero-order chi connectivity index (χ0) is 17.3. The summed E-state index contributed by atoms with van der Waals surface area (Å²) in [6.45, 7) is 7.26. The summed E-state index contributed by atoms with van der Waals surface area (Å²) in [4.78, 5) is 34.4. The zero-order valence-corrected chi connectivity index (χ0v) is 13.9. The number of nitrogens with zero attached hydrogens (tertiary/aromatic N) is 3. The van der Waals surface area contributed by atoms with Gasteiger partial charge in [-0.25, -0.2) is 9.78 Å². The minimum Gasteiger partial charge on any atom is -0.353 e. The molecule has 0 spiro atoms. The maximum atomic E-state index is 12.1. The van der Waals surface area contributed by atoms with Crippen molar-refractivity contribution in [1.82, 2.24) is 19.5 Å². The number of aromatic amines is 1. The van der Waals surface area contributed by atoms with Gasteiger partial charge in [0.1, 0.15) is 13.1 Å². The molecule has 0 atom stereocenters. The molecule has 0 saturated carbocycles. The second-order valence-corrected chi connectivity index (χ2v) is 5.95. The summed E-state index contributed by atoms with van der Waals surface area (Å²) in [6, 6.07) is 4.00. The lowest BCUT2D eigenvalue weighted by atomic mass is 10.1. The molecule has 1 aromatic rings. The lowest BCUT2D eigenvalue weighted by Crippen LogP contribution is -2.88. The number of benzene rings is 1. The minimum atomic E-state index is -0.645. The van der Waals surface area contributed by atoms with Crippen molar-refractivity contribution in [2.45, 2.75) is 20.4 Å². The SMILES string of the molecule is Cc1cc2nc3c(=O)[nH]c(=O)nc-3n(CC[NH2+]CC[NH3+])c2cc1C. The second kappa shape index (κ2) is 6.50. The van der Waals surface area contributed by atoms with Crippen molar-refractivity contribution in [3.63, 3.8) is 0 Å². The first kappa shape index (κ1) is 16.3. The normalized spacial score (nSPS) is 11.5. The van der Waals surface area contributed by atoms with E-state index in [-0.39, 0.29) is 5.69 Å². The van der Waals surface area contributed by atoms with Crippen molar-refractivity contribution in [3.05, 3.63) is 44.1 Å². The van der Waals surface area contributed by atoms with Crippen LogP contribution >= 0.6 is 0 Å². The van der Waals surface area contributed by atoms with E-state index in [1.54, 1.807) is 0 Å². The van der Waals surface area contributed by atoms with Crippen molar-refractivity contribution >= 4 is 11.0 Å². The van der Waals surface area contributed by atoms with E-state index in [0.717, 1.165) is 41.8 Å². The predicted octanol–water partition coefficient (Wildman–Crippen LogP) is -1.99. The van der Waals surface area contributed by atoms with Crippen LogP contribution in [-0.2, 0) is 6.54 Å². The Morgan fingerprint density at radius 3 is 2.67 bits per heavy atom. The number of H-pyrrole nitrogens is 1. The molecule has 126 valence electrons. The second-order valence-electron chi connectivity index (χ2n) is 5.95. The van der Waals surface area contributed by atoms with Gasteiger partial charge in [0, 0.05) is 0 Å². The number of aromatic nitrogens is 4. The third-order valence-corrected chi connectivity index (χ3v) is 4.19. The maximum Gasteiger partial charge on any atom is 0.349 e. The van der Waals surface area contributed by atoms with Crippen LogP contribution < -0.4 is 22.3 Å². The van der Waals surface area contributed by atoms with Gasteiger partial charge in [0.05, 0.1) is 24.1 Å². The number of nitrogens with two attached hydrogens (primary N) is 1. The summed E-state index contributed by atoms with van der Waals surface area (Å²) >= 11 is 0. The summed E-state index contributed by atoms with van der Waals surface area (Å²) in [7, 11) is 0. The highest BCUT2D eigenvalue weighted by Gasteiger charge is 2.19. The van der Waals surface area contributed by atoms with E-state index in [9.17, 15) is 9.59 Å². The topological polar surface area (TPSA) is 125 Å². The molecule has 1 aromatic carbocycles. The molecule has 0 aromatic heterocycles. The largest absolute Gasteiger partial charge is 0.353 e. The Morgan fingerprint density at radius 2 is 1.92 bits per heavy atom. The monoisotopic (exact) mass is 330 g/mol. The van der Waals surface area contributed by atoms with Gasteiger partial charge >= 0.3 is 5.69 Å². The number of hydrogen-bond acceptors (Lipinski definition) is 4. The molecule has 8 heteroatoms. The van der Waals surface area contributed by atoms with Crippen molar-refractivity contribution in [1.29, 1.82) is 0 Å². The third-order valence-electron chi connectivity index (χ3n) is 4.19. The van der Waals surface area contributed by atoms with Gasteiger partial charge in [-0.2, -0.15) is 4.98 Å².